The van der Waals surface area contributed by atoms with Crippen molar-refractivity contribution >= 4 is 34.0 Å². The number of benzene rings is 1. The van der Waals surface area contributed by atoms with Crippen LogP contribution in [0.15, 0.2) is 22.7 Å². The first-order valence-corrected chi connectivity index (χ1v) is 4.23. The van der Waals surface area contributed by atoms with Crippen LogP contribution < -0.4 is 16.0 Å². The largest absolute Gasteiger partial charge is 0.573 e. The van der Waals surface area contributed by atoms with Gasteiger partial charge in [0.2, 0.25) is 0 Å². The van der Waals surface area contributed by atoms with Gasteiger partial charge in [-0.1, -0.05) is 15.9 Å². The van der Waals surface area contributed by atoms with E-state index in [1.54, 1.807) is 0 Å². The molecule has 0 saturated heterocycles. The summed E-state index contributed by atoms with van der Waals surface area (Å²) in [5.41, 5.74) is 2.16. The maximum atomic E-state index is 11.9. The van der Waals surface area contributed by atoms with Gasteiger partial charge < -0.3 is 10.2 Å². The van der Waals surface area contributed by atoms with E-state index in [1.807, 2.05) is 0 Å². The molecule has 86 valence electrons. The van der Waals surface area contributed by atoms with Gasteiger partial charge in [0, 0.05) is 4.47 Å². The van der Waals surface area contributed by atoms with Crippen molar-refractivity contribution in [3.63, 3.8) is 0 Å². The molecule has 0 radical (unpaired) electrons. The van der Waals surface area contributed by atoms with Crippen LogP contribution >= 0.6 is 28.3 Å². The Morgan fingerprint density at radius 3 is 2.40 bits per heavy atom. The highest BCUT2D eigenvalue weighted by molar-refractivity contribution is 9.10. The van der Waals surface area contributed by atoms with Gasteiger partial charge in [-0.25, -0.2) is 0 Å². The fourth-order valence-electron chi connectivity index (χ4n) is 0.829. The topological polar surface area (TPSA) is 47.3 Å². The molecule has 0 unspecified atom stereocenters. The Kier molecular flexibility index (Phi) is 5.19. The van der Waals surface area contributed by atoms with Gasteiger partial charge in [0.15, 0.2) is 5.75 Å². The van der Waals surface area contributed by atoms with Gasteiger partial charge in [0.25, 0.3) is 0 Å². The first-order chi connectivity index (χ1) is 6.42. The number of rotatable bonds is 2. The number of anilines is 1. The summed E-state index contributed by atoms with van der Waals surface area (Å²) in [5.74, 6) is 4.65. The predicted molar refractivity (Wildman–Crippen MR) is 55.9 cm³/mol. The molecule has 0 bridgehead atoms. The molecule has 3 nitrogen and oxygen atoms in total. The minimum absolute atomic E-state index is 0. The van der Waals surface area contributed by atoms with Crippen LogP contribution in [0.2, 0.25) is 0 Å². The third-order valence-corrected chi connectivity index (χ3v) is 1.82. The molecule has 0 spiro atoms. The second-order valence-corrected chi connectivity index (χ2v) is 3.25. The molecule has 0 fully saturated rings. The lowest BCUT2D eigenvalue weighted by atomic mass is 10.3. The summed E-state index contributed by atoms with van der Waals surface area (Å²) in [7, 11) is 0. The zero-order chi connectivity index (χ0) is 10.8. The molecule has 1 aromatic carbocycles. The summed E-state index contributed by atoms with van der Waals surface area (Å²) in [6.07, 6.45) is -4.72. The van der Waals surface area contributed by atoms with Gasteiger partial charge in [-0.2, -0.15) is 0 Å². The van der Waals surface area contributed by atoms with E-state index in [-0.39, 0.29) is 23.8 Å². The van der Waals surface area contributed by atoms with E-state index >= 15 is 0 Å². The van der Waals surface area contributed by atoms with Crippen molar-refractivity contribution in [1.82, 2.24) is 0 Å². The van der Waals surface area contributed by atoms with Gasteiger partial charge in [0.05, 0.1) is 5.69 Å². The standard InChI is InChI=1S/C7H6BrF3N2O.ClH/c8-4-1-2-6(5(3-4)13-12)14-7(9,10)11;/h1-3,13H,12H2;1H. The summed E-state index contributed by atoms with van der Waals surface area (Å²) in [5, 5.41) is 0. The molecular weight excluding hydrogens is 300 g/mol. The van der Waals surface area contributed by atoms with Crippen LogP contribution in [-0.4, -0.2) is 6.36 Å². The maximum absolute atomic E-state index is 11.9. The highest BCUT2D eigenvalue weighted by Crippen LogP contribution is 2.31. The third-order valence-electron chi connectivity index (χ3n) is 1.32. The van der Waals surface area contributed by atoms with Crippen molar-refractivity contribution in [3.05, 3.63) is 22.7 Å². The third kappa shape index (κ3) is 4.59. The number of nitrogen functional groups attached to an aromatic ring is 1. The number of halogens is 5. The van der Waals surface area contributed by atoms with Crippen LogP contribution in [0.3, 0.4) is 0 Å². The van der Waals surface area contributed by atoms with Gasteiger partial charge in [-0.05, 0) is 18.2 Å². The summed E-state index contributed by atoms with van der Waals surface area (Å²) in [6, 6.07) is 3.95. The number of hydrazine groups is 1. The molecule has 0 amide bonds. The maximum Gasteiger partial charge on any atom is 0.573 e. The monoisotopic (exact) mass is 306 g/mol. The van der Waals surface area contributed by atoms with E-state index < -0.39 is 6.36 Å². The average Bonchev–Trinajstić information content (AvgIpc) is 2.06. The van der Waals surface area contributed by atoms with Crippen molar-refractivity contribution in [2.75, 3.05) is 5.43 Å². The zero-order valence-electron chi connectivity index (χ0n) is 7.14. The highest BCUT2D eigenvalue weighted by atomic mass is 79.9. The first-order valence-electron chi connectivity index (χ1n) is 3.44. The first kappa shape index (κ1) is 14.3. The molecule has 15 heavy (non-hydrogen) atoms. The predicted octanol–water partition coefficient (Wildman–Crippen LogP) is 3.06. The molecule has 0 aliphatic carbocycles. The van der Waals surface area contributed by atoms with E-state index in [2.05, 4.69) is 26.1 Å². The Balaban J connectivity index is 0.00000196. The Morgan fingerprint density at radius 1 is 1.33 bits per heavy atom. The second kappa shape index (κ2) is 5.43. The minimum atomic E-state index is -4.72. The SMILES string of the molecule is Cl.NNc1cc(Br)ccc1OC(F)(F)F. The lowest BCUT2D eigenvalue weighted by molar-refractivity contribution is -0.274. The molecule has 0 heterocycles. The Hall–Kier alpha value is -0.660. The van der Waals surface area contributed by atoms with Crippen molar-refractivity contribution in [2.24, 2.45) is 5.84 Å². The van der Waals surface area contributed by atoms with Crippen LogP contribution in [0.1, 0.15) is 0 Å². The summed E-state index contributed by atoms with van der Waals surface area (Å²) in [6.45, 7) is 0. The van der Waals surface area contributed by atoms with Crippen LogP contribution in [-0.2, 0) is 0 Å². The van der Waals surface area contributed by atoms with Crippen molar-refractivity contribution < 1.29 is 17.9 Å². The molecule has 1 rings (SSSR count). The molecule has 8 heteroatoms. The molecule has 0 aliphatic rings. The molecule has 0 aromatic heterocycles. The molecule has 1 aromatic rings. The van der Waals surface area contributed by atoms with E-state index in [9.17, 15) is 13.2 Å². The van der Waals surface area contributed by atoms with E-state index in [4.69, 9.17) is 5.84 Å². The van der Waals surface area contributed by atoms with Crippen molar-refractivity contribution in [2.45, 2.75) is 6.36 Å². The van der Waals surface area contributed by atoms with Crippen molar-refractivity contribution in [1.29, 1.82) is 0 Å². The van der Waals surface area contributed by atoms with E-state index in [1.165, 1.54) is 12.1 Å². The van der Waals surface area contributed by atoms with Gasteiger partial charge >= 0.3 is 6.36 Å². The van der Waals surface area contributed by atoms with Gasteiger partial charge in [-0.3, -0.25) is 5.84 Å². The van der Waals surface area contributed by atoms with Gasteiger partial charge in [-0.15, -0.1) is 25.6 Å². The van der Waals surface area contributed by atoms with Crippen LogP contribution in [0.5, 0.6) is 5.75 Å². The number of alkyl halides is 3. The molecule has 0 saturated carbocycles. The second-order valence-electron chi connectivity index (χ2n) is 2.33. The number of nitrogens with one attached hydrogen (secondary N) is 1. The molecule has 3 N–H and O–H groups in total. The normalized spacial score (nSPS) is 10.5. The quantitative estimate of drug-likeness (QED) is 0.652. The number of ether oxygens (including phenoxy) is 1. The highest BCUT2D eigenvalue weighted by Gasteiger charge is 2.32. The smallest absolute Gasteiger partial charge is 0.404 e. The zero-order valence-corrected chi connectivity index (χ0v) is 9.54. The van der Waals surface area contributed by atoms with Crippen molar-refractivity contribution in [3.8, 4) is 5.75 Å². The number of hydrogen-bond acceptors (Lipinski definition) is 3. The minimum Gasteiger partial charge on any atom is -0.404 e. The lowest BCUT2D eigenvalue weighted by Gasteiger charge is -2.12. The Labute approximate surface area is 98.3 Å². The molecule has 0 atom stereocenters. The fraction of sp³-hybridized carbons (Fsp3) is 0.143. The van der Waals surface area contributed by atoms with Crippen LogP contribution in [0.4, 0.5) is 18.9 Å². The summed E-state index contributed by atoms with van der Waals surface area (Å²) < 4.78 is 39.9. The number of hydrogen-bond donors (Lipinski definition) is 2. The van der Waals surface area contributed by atoms with E-state index in [0.717, 1.165) is 6.07 Å². The van der Waals surface area contributed by atoms with Crippen LogP contribution in [0.25, 0.3) is 0 Å². The average molecular weight is 307 g/mol. The Bertz CT molecular complexity index is 335. The van der Waals surface area contributed by atoms with E-state index in [0.29, 0.717) is 4.47 Å². The fourth-order valence-corrected chi connectivity index (χ4v) is 1.19. The molecular formula is C7H7BrClF3N2O. The van der Waals surface area contributed by atoms with Gasteiger partial charge in [0.1, 0.15) is 0 Å². The Morgan fingerprint density at radius 2 is 1.93 bits per heavy atom. The lowest BCUT2D eigenvalue weighted by Crippen LogP contribution is -2.19. The summed E-state index contributed by atoms with van der Waals surface area (Å²) in [4.78, 5) is 0. The summed E-state index contributed by atoms with van der Waals surface area (Å²) >= 11 is 3.08. The number of nitrogens with two attached hydrogens (primary N) is 1. The molecule has 0 aliphatic heterocycles. The van der Waals surface area contributed by atoms with Crippen LogP contribution in [0, 0.1) is 0 Å².